The fourth-order valence-electron chi connectivity index (χ4n) is 1.67. The number of anilines is 1. The molecule has 0 atom stereocenters. The number of hydrogen-bond donors (Lipinski definition) is 1. The highest BCUT2D eigenvalue weighted by molar-refractivity contribution is 9.10. The van der Waals surface area contributed by atoms with E-state index in [2.05, 4.69) is 40.3 Å². The van der Waals surface area contributed by atoms with Crippen molar-refractivity contribution in [3.05, 3.63) is 62.0 Å². The highest BCUT2D eigenvalue weighted by Gasteiger charge is 2.01. The van der Waals surface area contributed by atoms with Crippen molar-refractivity contribution < 1.29 is 0 Å². The lowest BCUT2D eigenvalue weighted by Gasteiger charge is -2.10. The predicted octanol–water partition coefficient (Wildman–Crippen LogP) is 5.68. The minimum Gasteiger partial charge on any atom is -0.380 e. The number of benzene rings is 2. The summed E-state index contributed by atoms with van der Waals surface area (Å²) in [7, 11) is 0. The van der Waals surface area contributed by atoms with E-state index in [0.29, 0.717) is 16.6 Å². The molecule has 2 rings (SSSR count). The molecule has 0 aromatic heterocycles. The van der Waals surface area contributed by atoms with Crippen molar-refractivity contribution in [1.82, 2.24) is 0 Å². The molecule has 0 aliphatic heterocycles. The van der Waals surface area contributed by atoms with E-state index < -0.39 is 0 Å². The Bertz CT molecular complexity index is 549. The summed E-state index contributed by atoms with van der Waals surface area (Å²) < 4.78 is 1.05. The molecule has 0 amide bonds. The van der Waals surface area contributed by atoms with Gasteiger partial charge in [-0.2, -0.15) is 0 Å². The number of hydrogen-bond acceptors (Lipinski definition) is 1. The minimum atomic E-state index is 0.655. The van der Waals surface area contributed by atoms with Gasteiger partial charge in [0.2, 0.25) is 0 Å². The molecule has 0 saturated carbocycles. The van der Waals surface area contributed by atoms with E-state index in [1.54, 1.807) is 6.07 Å². The van der Waals surface area contributed by atoms with Gasteiger partial charge < -0.3 is 5.32 Å². The second kappa shape index (κ2) is 5.96. The van der Waals surface area contributed by atoms with Gasteiger partial charge in [-0.05, 0) is 64.3 Å². The summed E-state index contributed by atoms with van der Waals surface area (Å²) in [6, 6.07) is 11.7. The molecular weight excluding hydrogens is 333 g/mol. The molecular formula is C14H12BrCl2N. The Hall–Kier alpha value is -0.700. The van der Waals surface area contributed by atoms with Gasteiger partial charge in [0.05, 0.1) is 0 Å². The highest BCUT2D eigenvalue weighted by atomic mass is 79.9. The van der Waals surface area contributed by atoms with Crippen LogP contribution in [-0.4, -0.2) is 0 Å². The molecule has 0 fully saturated rings. The van der Waals surface area contributed by atoms with E-state index in [1.807, 2.05) is 18.2 Å². The van der Waals surface area contributed by atoms with Crippen LogP contribution in [0.1, 0.15) is 11.1 Å². The SMILES string of the molecule is Cc1ccc(NCc2cc(Cl)cc(Cl)c2)c(Br)c1. The van der Waals surface area contributed by atoms with Crippen molar-refractivity contribution in [3.8, 4) is 0 Å². The maximum absolute atomic E-state index is 5.96. The summed E-state index contributed by atoms with van der Waals surface area (Å²) >= 11 is 15.5. The molecule has 0 bridgehead atoms. The smallest absolute Gasteiger partial charge is 0.0487 e. The Morgan fingerprint density at radius 3 is 2.33 bits per heavy atom. The molecule has 1 N–H and O–H groups in total. The third kappa shape index (κ3) is 3.64. The maximum atomic E-state index is 5.96. The van der Waals surface area contributed by atoms with Crippen molar-refractivity contribution in [2.45, 2.75) is 13.5 Å². The molecule has 0 spiro atoms. The number of nitrogens with one attached hydrogen (secondary N) is 1. The van der Waals surface area contributed by atoms with Crippen LogP contribution in [0.5, 0.6) is 0 Å². The summed E-state index contributed by atoms with van der Waals surface area (Å²) in [6.07, 6.45) is 0. The Balaban J connectivity index is 2.11. The van der Waals surface area contributed by atoms with Crippen LogP contribution < -0.4 is 5.32 Å². The third-order valence-corrected chi connectivity index (χ3v) is 3.62. The van der Waals surface area contributed by atoms with Gasteiger partial charge in [-0.15, -0.1) is 0 Å². The lowest BCUT2D eigenvalue weighted by Crippen LogP contribution is -2.00. The topological polar surface area (TPSA) is 12.0 Å². The second-order valence-electron chi connectivity index (χ2n) is 4.11. The molecule has 2 aromatic carbocycles. The predicted molar refractivity (Wildman–Crippen MR) is 82.7 cm³/mol. The van der Waals surface area contributed by atoms with E-state index in [9.17, 15) is 0 Å². The average molecular weight is 345 g/mol. The quantitative estimate of drug-likeness (QED) is 0.755. The fourth-order valence-corrected chi connectivity index (χ4v) is 2.88. The Labute approximate surface area is 125 Å². The van der Waals surface area contributed by atoms with Crippen LogP contribution >= 0.6 is 39.1 Å². The van der Waals surface area contributed by atoms with E-state index in [4.69, 9.17) is 23.2 Å². The van der Waals surface area contributed by atoms with Crippen molar-refractivity contribution in [2.75, 3.05) is 5.32 Å². The number of rotatable bonds is 3. The van der Waals surface area contributed by atoms with Gasteiger partial charge in [0.1, 0.15) is 0 Å². The average Bonchev–Trinajstić information content (AvgIpc) is 2.26. The third-order valence-electron chi connectivity index (χ3n) is 2.53. The normalized spacial score (nSPS) is 10.4. The summed E-state index contributed by atoms with van der Waals surface area (Å²) in [5.74, 6) is 0. The van der Waals surface area contributed by atoms with Crippen LogP contribution in [0.25, 0.3) is 0 Å². The maximum Gasteiger partial charge on any atom is 0.0487 e. The molecule has 1 nitrogen and oxygen atoms in total. The number of halogens is 3. The minimum absolute atomic E-state index is 0.655. The van der Waals surface area contributed by atoms with Crippen LogP contribution in [0.2, 0.25) is 10.0 Å². The molecule has 4 heteroatoms. The van der Waals surface area contributed by atoms with Gasteiger partial charge in [-0.1, -0.05) is 29.3 Å². The number of aryl methyl sites for hydroxylation is 1. The summed E-state index contributed by atoms with van der Waals surface area (Å²) in [6.45, 7) is 2.74. The van der Waals surface area contributed by atoms with Gasteiger partial charge in [-0.3, -0.25) is 0 Å². The molecule has 18 heavy (non-hydrogen) atoms. The van der Waals surface area contributed by atoms with E-state index in [-0.39, 0.29) is 0 Å². The first-order valence-electron chi connectivity index (χ1n) is 5.49. The van der Waals surface area contributed by atoms with Gasteiger partial charge in [-0.25, -0.2) is 0 Å². The molecule has 0 radical (unpaired) electrons. The molecule has 0 aliphatic rings. The lowest BCUT2D eigenvalue weighted by molar-refractivity contribution is 1.14. The van der Waals surface area contributed by atoms with Crippen LogP contribution in [0.3, 0.4) is 0 Å². The molecule has 0 saturated heterocycles. The largest absolute Gasteiger partial charge is 0.380 e. The Kier molecular flexibility index (Phi) is 4.55. The fraction of sp³-hybridized carbons (Fsp3) is 0.143. The Morgan fingerprint density at radius 2 is 1.72 bits per heavy atom. The van der Waals surface area contributed by atoms with E-state index >= 15 is 0 Å². The molecule has 0 heterocycles. The van der Waals surface area contributed by atoms with Gasteiger partial charge in [0, 0.05) is 26.8 Å². The first kappa shape index (κ1) is 13.7. The molecule has 0 unspecified atom stereocenters. The zero-order valence-electron chi connectivity index (χ0n) is 9.81. The lowest BCUT2D eigenvalue weighted by atomic mass is 10.2. The van der Waals surface area contributed by atoms with E-state index in [1.165, 1.54) is 5.56 Å². The van der Waals surface area contributed by atoms with Crippen molar-refractivity contribution in [3.63, 3.8) is 0 Å². The van der Waals surface area contributed by atoms with Gasteiger partial charge in [0.25, 0.3) is 0 Å². The van der Waals surface area contributed by atoms with Crippen molar-refractivity contribution in [1.29, 1.82) is 0 Å². The van der Waals surface area contributed by atoms with Crippen LogP contribution in [-0.2, 0) is 6.54 Å². The Morgan fingerprint density at radius 1 is 1.06 bits per heavy atom. The first-order valence-corrected chi connectivity index (χ1v) is 7.04. The van der Waals surface area contributed by atoms with Gasteiger partial charge >= 0.3 is 0 Å². The first-order chi connectivity index (χ1) is 8.54. The van der Waals surface area contributed by atoms with E-state index in [0.717, 1.165) is 15.7 Å². The zero-order chi connectivity index (χ0) is 13.1. The standard InChI is InChI=1S/C14H12BrCl2N/c1-9-2-3-14(13(15)4-9)18-8-10-5-11(16)7-12(17)6-10/h2-7,18H,8H2,1H3. The zero-order valence-corrected chi connectivity index (χ0v) is 12.9. The summed E-state index contributed by atoms with van der Waals surface area (Å²) in [4.78, 5) is 0. The molecule has 94 valence electrons. The molecule has 2 aromatic rings. The second-order valence-corrected chi connectivity index (χ2v) is 5.84. The monoisotopic (exact) mass is 343 g/mol. The van der Waals surface area contributed by atoms with Crippen molar-refractivity contribution in [2.24, 2.45) is 0 Å². The summed E-state index contributed by atoms with van der Waals surface area (Å²) in [5, 5.41) is 4.66. The molecule has 0 aliphatic carbocycles. The van der Waals surface area contributed by atoms with Crippen molar-refractivity contribution >= 4 is 44.8 Å². The van der Waals surface area contributed by atoms with Crippen LogP contribution in [0, 0.1) is 6.92 Å². The summed E-state index contributed by atoms with van der Waals surface area (Å²) in [5.41, 5.74) is 3.33. The van der Waals surface area contributed by atoms with Gasteiger partial charge in [0.15, 0.2) is 0 Å². The van der Waals surface area contributed by atoms with Crippen LogP contribution in [0.4, 0.5) is 5.69 Å². The highest BCUT2D eigenvalue weighted by Crippen LogP contribution is 2.25. The van der Waals surface area contributed by atoms with Crippen LogP contribution in [0.15, 0.2) is 40.9 Å².